The maximum atomic E-state index is 13.8. The van der Waals surface area contributed by atoms with Gasteiger partial charge in [0.25, 0.3) is 5.69 Å². The van der Waals surface area contributed by atoms with Crippen molar-refractivity contribution in [1.29, 1.82) is 0 Å². The fourth-order valence-electron chi connectivity index (χ4n) is 2.36. The zero-order chi connectivity index (χ0) is 15.1. The molecule has 0 radical (unpaired) electrons. The first kappa shape index (κ1) is 14.4. The van der Waals surface area contributed by atoms with Crippen molar-refractivity contribution >= 4 is 11.5 Å². The van der Waals surface area contributed by atoms with Crippen molar-refractivity contribution < 1.29 is 18.8 Å². The Morgan fingerprint density at radius 2 is 2.20 bits per heavy atom. The summed E-state index contributed by atoms with van der Waals surface area (Å²) in [5.41, 5.74) is -0.546. The number of nitro groups is 1. The number of carbonyl (C=O) groups is 1. The van der Waals surface area contributed by atoms with Gasteiger partial charge < -0.3 is 4.74 Å². The minimum atomic E-state index is -0.778. The SMILES string of the molecule is CCC1(C)C(=O)CC1Oc1cc(C)c([N+](=O)[O-])cc1F. The number of aryl methyl sites for hydroxylation is 1. The number of hydrogen-bond acceptors (Lipinski definition) is 4. The summed E-state index contributed by atoms with van der Waals surface area (Å²) in [6.45, 7) is 5.19. The first-order valence-electron chi connectivity index (χ1n) is 6.44. The van der Waals surface area contributed by atoms with Crippen molar-refractivity contribution in [3.05, 3.63) is 33.6 Å². The number of ether oxygens (including phenoxy) is 1. The zero-order valence-electron chi connectivity index (χ0n) is 11.6. The van der Waals surface area contributed by atoms with Crippen LogP contribution in [0.3, 0.4) is 0 Å². The fourth-order valence-corrected chi connectivity index (χ4v) is 2.36. The van der Waals surface area contributed by atoms with Crippen LogP contribution in [0.1, 0.15) is 32.3 Å². The number of rotatable bonds is 4. The molecule has 6 heteroatoms. The van der Waals surface area contributed by atoms with Crippen molar-refractivity contribution in [2.24, 2.45) is 5.41 Å². The summed E-state index contributed by atoms with van der Waals surface area (Å²) in [5, 5.41) is 10.7. The third-order valence-electron chi connectivity index (χ3n) is 4.17. The van der Waals surface area contributed by atoms with Gasteiger partial charge in [-0.05, 0) is 26.3 Å². The monoisotopic (exact) mass is 281 g/mol. The van der Waals surface area contributed by atoms with Crippen LogP contribution in [0.25, 0.3) is 0 Å². The Kier molecular flexibility index (Phi) is 3.50. The molecule has 1 aromatic carbocycles. The summed E-state index contributed by atoms with van der Waals surface area (Å²) in [7, 11) is 0. The van der Waals surface area contributed by atoms with Gasteiger partial charge in [-0.3, -0.25) is 14.9 Å². The van der Waals surface area contributed by atoms with E-state index >= 15 is 0 Å². The van der Waals surface area contributed by atoms with Gasteiger partial charge in [0.2, 0.25) is 0 Å². The minimum Gasteiger partial charge on any atom is -0.486 e. The van der Waals surface area contributed by atoms with E-state index in [1.165, 1.54) is 13.0 Å². The summed E-state index contributed by atoms with van der Waals surface area (Å²) < 4.78 is 19.4. The Morgan fingerprint density at radius 3 is 2.70 bits per heavy atom. The molecule has 0 aromatic heterocycles. The highest BCUT2D eigenvalue weighted by Gasteiger charge is 2.51. The van der Waals surface area contributed by atoms with Crippen LogP contribution in [0.2, 0.25) is 0 Å². The molecular weight excluding hydrogens is 265 g/mol. The Hall–Kier alpha value is -1.98. The lowest BCUT2D eigenvalue weighted by atomic mass is 9.64. The van der Waals surface area contributed by atoms with E-state index in [2.05, 4.69) is 0 Å². The van der Waals surface area contributed by atoms with E-state index in [4.69, 9.17) is 4.74 Å². The van der Waals surface area contributed by atoms with E-state index in [0.29, 0.717) is 12.0 Å². The second-order valence-corrected chi connectivity index (χ2v) is 5.33. The van der Waals surface area contributed by atoms with Crippen LogP contribution in [-0.4, -0.2) is 16.8 Å². The molecule has 0 bridgehead atoms. The summed E-state index contributed by atoms with van der Waals surface area (Å²) >= 11 is 0. The topological polar surface area (TPSA) is 69.4 Å². The molecule has 108 valence electrons. The standard InChI is InChI=1S/C14H16FNO4/c1-4-14(3)12(17)7-13(14)20-11-5-8(2)10(16(18)19)6-9(11)15/h5-6,13H,4,7H2,1-3H3. The second-order valence-electron chi connectivity index (χ2n) is 5.33. The number of halogens is 1. The summed E-state index contributed by atoms with van der Waals surface area (Å²) in [6, 6.07) is 2.17. The van der Waals surface area contributed by atoms with E-state index in [1.807, 2.05) is 6.92 Å². The number of benzene rings is 1. The van der Waals surface area contributed by atoms with E-state index in [9.17, 15) is 19.3 Å². The highest BCUT2D eigenvalue weighted by molar-refractivity contribution is 5.92. The molecule has 1 fully saturated rings. The van der Waals surface area contributed by atoms with E-state index in [1.54, 1.807) is 6.92 Å². The van der Waals surface area contributed by atoms with Crippen molar-refractivity contribution in [2.75, 3.05) is 0 Å². The molecule has 2 rings (SSSR count). The van der Waals surface area contributed by atoms with Gasteiger partial charge in [0.1, 0.15) is 11.9 Å². The van der Waals surface area contributed by atoms with Gasteiger partial charge in [0, 0.05) is 12.0 Å². The summed E-state index contributed by atoms with van der Waals surface area (Å²) in [5.74, 6) is -0.714. The lowest BCUT2D eigenvalue weighted by Gasteiger charge is -2.44. The van der Waals surface area contributed by atoms with Gasteiger partial charge in [-0.25, -0.2) is 4.39 Å². The average molecular weight is 281 g/mol. The molecule has 0 saturated heterocycles. The van der Waals surface area contributed by atoms with Crippen molar-refractivity contribution in [3.8, 4) is 5.75 Å². The first-order valence-corrected chi connectivity index (χ1v) is 6.44. The van der Waals surface area contributed by atoms with Crippen LogP contribution >= 0.6 is 0 Å². The third-order valence-corrected chi connectivity index (χ3v) is 4.17. The van der Waals surface area contributed by atoms with Crippen LogP contribution in [-0.2, 0) is 4.79 Å². The number of ketones is 1. The Morgan fingerprint density at radius 1 is 1.55 bits per heavy atom. The van der Waals surface area contributed by atoms with Gasteiger partial charge >= 0.3 is 0 Å². The maximum absolute atomic E-state index is 13.8. The molecule has 20 heavy (non-hydrogen) atoms. The molecule has 0 heterocycles. The number of nitro benzene ring substituents is 1. The number of nitrogens with zero attached hydrogens (tertiary/aromatic N) is 1. The van der Waals surface area contributed by atoms with E-state index in [0.717, 1.165) is 6.07 Å². The molecule has 5 nitrogen and oxygen atoms in total. The fraction of sp³-hybridized carbons (Fsp3) is 0.500. The molecule has 0 spiro atoms. The predicted octanol–water partition coefficient (Wildman–Crippen LogP) is 3.18. The van der Waals surface area contributed by atoms with E-state index < -0.39 is 16.2 Å². The van der Waals surface area contributed by atoms with Crippen molar-refractivity contribution in [3.63, 3.8) is 0 Å². The van der Waals surface area contributed by atoms with Crippen LogP contribution in [0.4, 0.5) is 10.1 Å². The lowest BCUT2D eigenvalue weighted by molar-refractivity contribution is -0.385. The highest BCUT2D eigenvalue weighted by Crippen LogP contribution is 2.43. The Bertz CT molecular complexity index is 587. The van der Waals surface area contributed by atoms with Crippen molar-refractivity contribution in [1.82, 2.24) is 0 Å². The maximum Gasteiger partial charge on any atom is 0.275 e. The van der Waals surface area contributed by atoms with Gasteiger partial charge in [-0.15, -0.1) is 0 Å². The molecule has 0 N–H and O–H groups in total. The normalized spacial score (nSPS) is 25.2. The van der Waals surface area contributed by atoms with Gasteiger partial charge in [-0.2, -0.15) is 0 Å². The molecule has 1 aromatic rings. The van der Waals surface area contributed by atoms with Gasteiger partial charge in [0.15, 0.2) is 11.6 Å². The summed E-state index contributed by atoms with van der Waals surface area (Å²) in [4.78, 5) is 21.7. The molecule has 0 aliphatic heterocycles. The van der Waals surface area contributed by atoms with Gasteiger partial charge in [-0.1, -0.05) is 6.92 Å². The van der Waals surface area contributed by atoms with Crippen LogP contribution in [0, 0.1) is 28.3 Å². The number of hydrogen-bond donors (Lipinski definition) is 0. The first-order chi connectivity index (χ1) is 9.29. The molecule has 1 aliphatic carbocycles. The highest BCUT2D eigenvalue weighted by atomic mass is 19.1. The van der Waals surface area contributed by atoms with Crippen LogP contribution in [0.15, 0.2) is 12.1 Å². The average Bonchev–Trinajstić information content (AvgIpc) is 2.40. The predicted molar refractivity (Wildman–Crippen MR) is 70.2 cm³/mol. The molecule has 1 saturated carbocycles. The molecule has 2 atom stereocenters. The second kappa shape index (κ2) is 4.85. The van der Waals surface area contributed by atoms with Crippen molar-refractivity contribution in [2.45, 2.75) is 39.7 Å². The molecule has 2 unspecified atom stereocenters. The molecular formula is C14H16FNO4. The van der Waals surface area contributed by atoms with E-state index in [-0.39, 0.29) is 29.7 Å². The third kappa shape index (κ3) is 2.15. The minimum absolute atomic E-state index is 0.0368. The number of Topliss-reactive ketones (excluding diaryl/α,β-unsaturated/α-hetero) is 1. The Labute approximate surface area is 115 Å². The zero-order valence-corrected chi connectivity index (χ0v) is 11.6. The molecule has 0 amide bonds. The lowest BCUT2D eigenvalue weighted by Crippen LogP contribution is -2.54. The molecule has 1 aliphatic rings. The summed E-state index contributed by atoms with van der Waals surface area (Å²) in [6.07, 6.45) is 0.486. The number of carbonyl (C=O) groups excluding carboxylic acids is 1. The quantitative estimate of drug-likeness (QED) is 0.627. The van der Waals surface area contributed by atoms with Crippen LogP contribution < -0.4 is 4.74 Å². The van der Waals surface area contributed by atoms with Gasteiger partial charge in [0.05, 0.1) is 16.4 Å². The van der Waals surface area contributed by atoms with Crippen LogP contribution in [0.5, 0.6) is 5.75 Å². The Balaban J connectivity index is 2.25. The largest absolute Gasteiger partial charge is 0.486 e. The smallest absolute Gasteiger partial charge is 0.275 e.